The first-order chi connectivity index (χ1) is 6.11. The van der Waals surface area contributed by atoms with Crippen molar-refractivity contribution >= 4 is 11.6 Å². The first kappa shape index (κ1) is 9.57. The summed E-state index contributed by atoms with van der Waals surface area (Å²) in [5.74, 6) is -0.194. The number of nitrogens with one attached hydrogen (secondary N) is 1. The van der Waals surface area contributed by atoms with Gasteiger partial charge in [-0.15, -0.1) is 0 Å². The van der Waals surface area contributed by atoms with Crippen molar-refractivity contribution in [3.63, 3.8) is 0 Å². The van der Waals surface area contributed by atoms with Gasteiger partial charge in [-0.2, -0.15) is 5.10 Å². The SMILES string of the molecule is CCn1nc(C)c(N)c1C(=O)NC. The molecule has 0 aromatic carbocycles. The van der Waals surface area contributed by atoms with E-state index in [1.165, 1.54) is 0 Å². The van der Waals surface area contributed by atoms with Gasteiger partial charge < -0.3 is 11.1 Å². The van der Waals surface area contributed by atoms with Crippen LogP contribution in [0.5, 0.6) is 0 Å². The second-order valence-electron chi connectivity index (χ2n) is 2.74. The van der Waals surface area contributed by atoms with Crippen LogP contribution in [0.25, 0.3) is 0 Å². The van der Waals surface area contributed by atoms with Gasteiger partial charge in [0.1, 0.15) is 5.69 Å². The minimum absolute atomic E-state index is 0.194. The Morgan fingerprint density at radius 1 is 1.69 bits per heavy atom. The smallest absolute Gasteiger partial charge is 0.271 e. The molecule has 0 radical (unpaired) electrons. The van der Waals surface area contributed by atoms with E-state index in [-0.39, 0.29) is 5.91 Å². The van der Waals surface area contributed by atoms with Crippen molar-refractivity contribution in [1.29, 1.82) is 0 Å². The summed E-state index contributed by atoms with van der Waals surface area (Å²) in [4.78, 5) is 11.4. The molecule has 0 unspecified atom stereocenters. The Morgan fingerprint density at radius 3 is 2.77 bits per heavy atom. The maximum Gasteiger partial charge on any atom is 0.271 e. The Hall–Kier alpha value is -1.52. The molecular formula is C8H14N4O. The second kappa shape index (κ2) is 3.47. The zero-order chi connectivity index (χ0) is 10.0. The number of nitrogen functional groups attached to an aromatic ring is 1. The van der Waals surface area contributed by atoms with Gasteiger partial charge in [-0.25, -0.2) is 0 Å². The number of aryl methyl sites for hydroxylation is 2. The topological polar surface area (TPSA) is 72.9 Å². The van der Waals surface area contributed by atoms with Gasteiger partial charge in [0.15, 0.2) is 0 Å². The zero-order valence-electron chi connectivity index (χ0n) is 8.09. The molecule has 1 rings (SSSR count). The predicted octanol–water partition coefficient (Wildman–Crippen LogP) is 0.153. The number of amides is 1. The van der Waals surface area contributed by atoms with E-state index in [4.69, 9.17) is 5.73 Å². The molecule has 1 aromatic rings. The molecule has 5 heteroatoms. The summed E-state index contributed by atoms with van der Waals surface area (Å²) < 4.78 is 1.60. The highest BCUT2D eigenvalue weighted by molar-refractivity contribution is 5.97. The minimum atomic E-state index is -0.194. The van der Waals surface area contributed by atoms with E-state index in [0.717, 1.165) is 0 Å². The fourth-order valence-corrected chi connectivity index (χ4v) is 1.18. The lowest BCUT2D eigenvalue weighted by atomic mass is 10.3. The highest BCUT2D eigenvalue weighted by atomic mass is 16.1. The van der Waals surface area contributed by atoms with Gasteiger partial charge in [0.05, 0.1) is 11.4 Å². The molecule has 0 spiro atoms. The number of anilines is 1. The Balaban J connectivity index is 3.23. The molecule has 0 aliphatic heterocycles. The number of carbonyl (C=O) groups excluding carboxylic acids is 1. The molecular weight excluding hydrogens is 168 g/mol. The van der Waals surface area contributed by atoms with Crippen molar-refractivity contribution in [1.82, 2.24) is 15.1 Å². The van der Waals surface area contributed by atoms with Crippen LogP contribution in [0.1, 0.15) is 23.1 Å². The first-order valence-corrected chi connectivity index (χ1v) is 4.16. The van der Waals surface area contributed by atoms with Gasteiger partial charge in [-0.1, -0.05) is 0 Å². The maximum absolute atomic E-state index is 11.4. The number of hydrogen-bond donors (Lipinski definition) is 2. The average molecular weight is 182 g/mol. The standard InChI is InChI=1S/C8H14N4O/c1-4-12-7(8(13)10-3)6(9)5(2)11-12/h4,9H2,1-3H3,(H,10,13). The number of nitrogens with zero attached hydrogens (tertiary/aromatic N) is 2. The van der Waals surface area contributed by atoms with Crippen molar-refractivity contribution in [2.45, 2.75) is 20.4 Å². The lowest BCUT2D eigenvalue weighted by molar-refractivity contribution is 0.0953. The largest absolute Gasteiger partial charge is 0.395 e. The predicted molar refractivity (Wildman–Crippen MR) is 50.4 cm³/mol. The minimum Gasteiger partial charge on any atom is -0.395 e. The van der Waals surface area contributed by atoms with Gasteiger partial charge in [0.25, 0.3) is 5.91 Å². The van der Waals surface area contributed by atoms with E-state index in [1.807, 2.05) is 6.92 Å². The van der Waals surface area contributed by atoms with Crippen molar-refractivity contribution < 1.29 is 4.79 Å². The Morgan fingerprint density at radius 2 is 2.31 bits per heavy atom. The lowest BCUT2D eigenvalue weighted by Gasteiger charge is -2.03. The summed E-state index contributed by atoms with van der Waals surface area (Å²) >= 11 is 0. The summed E-state index contributed by atoms with van der Waals surface area (Å²) in [7, 11) is 1.57. The highest BCUT2D eigenvalue weighted by Gasteiger charge is 2.17. The van der Waals surface area contributed by atoms with Crippen LogP contribution in [0.4, 0.5) is 5.69 Å². The van der Waals surface area contributed by atoms with E-state index in [2.05, 4.69) is 10.4 Å². The van der Waals surface area contributed by atoms with Crippen LogP contribution in [-0.4, -0.2) is 22.7 Å². The van der Waals surface area contributed by atoms with Crippen molar-refractivity contribution in [2.24, 2.45) is 0 Å². The molecule has 0 saturated carbocycles. The number of aromatic nitrogens is 2. The summed E-state index contributed by atoms with van der Waals surface area (Å²) in [5.41, 5.74) is 7.31. The molecule has 1 amide bonds. The van der Waals surface area contributed by atoms with E-state index in [9.17, 15) is 4.79 Å². The molecule has 72 valence electrons. The molecule has 0 aliphatic rings. The zero-order valence-corrected chi connectivity index (χ0v) is 8.09. The van der Waals surface area contributed by atoms with Crippen molar-refractivity contribution in [2.75, 3.05) is 12.8 Å². The molecule has 3 N–H and O–H groups in total. The van der Waals surface area contributed by atoms with Crippen LogP contribution in [0, 0.1) is 6.92 Å². The van der Waals surface area contributed by atoms with Crippen LogP contribution < -0.4 is 11.1 Å². The molecule has 0 atom stereocenters. The fraction of sp³-hybridized carbons (Fsp3) is 0.500. The van der Waals surface area contributed by atoms with Crippen LogP contribution >= 0.6 is 0 Å². The summed E-state index contributed by atoms with van der Waals surface area (Å²) in [6.45, 7) is 4.34. The summed E-state index contributed by atoms with van der Waals surface area (Å²) in [5, 5.41) is 6.66. The quantitative estimate of drug-likeness (QED) is 0.684. The Labute approximate surface area is 76.9 Å². The number of carbonyl (C=O) groups is 1. The Bertz CT molecular complexity index is 329. The number of nitrogens with two attached hydrogens (primary N) is 1. The van der Waals surface area contributed by atoms with Crippen LogP contribution in [-0.2, 0) is 6.54 Å². The summed E-state index contributed by atoms with van der Waals surface area (Å²) in [6.07, 6.45) is 0. The number of hydrogen-bond acceptors (Lipinski definition) is 3. The third-order valence-corrected chi connectivity index (χ3v) is 1.92. The third kappa shape index (κ3) is 1.49. The lowest BCUT2D eigenvalue weighted by Crippen LogP contribution is -2.23. The molecule has 1 aromatic heterocycles. The average Bonchev–Trinajstić information content (AvgIpc) is 2.42. The van der Waals surface area contributed by atoms with Gasteiger partial charge in [-0.3, -0.25) is 9.48 Å². The van der Waals surface area contributed by atoms with Crippen LogP contribution in [0.15, 0.2) is 0 Å². The highest BCUT2D eigenvalue weighted by Crippen LogP contribution is 2.15. The van der Waals surface area contributed by atoms with Gasteiger partial charge in [0, 0.05) is 13.6 Å². The molecule has 0 saturated heterocycles. The van der Waals surface area contributed by atoms with Gasteiger partial charge in [0.2, 0.25) is 0 Å². The monoisotopic (exact) mass is 182 g/mol. The van der Waals surface area contributed by atoms with E-state index < -0.39 is 0 Å². The molecule has 13 heavy (non-hydrogen) atoms. The van der Waals surface area contributed by atoms with E-state index in [0.29, 0.717) is 23.6 Å². The molecule has 0 fully saturated rings. The van der Waals surface area contributed by atoms with Crippen molar-refractivity contribution in [3.8, 4) is 0 Å². The van der Waals surface area contributed by atoms with Crippen LogP contribution in [0.2, 0.25) is 0 Å². The molecule has 0 aliphatic carbocycles. The van der Waals surface area contributed by atoms with Crippen LogP contribution in [0.3, 0.4) is 0 Å². The normalized spacial score (nSPS) is 10.1. The molecule has 1 heterocycles. The van der Waals surface area contributed by atoms with Gasteiger partial charge in [-0.05, 0) is 13.8 Å². The third-order valence-electron chi connectivity index (χ3n) is 1.92. The van der Waals surface area contributed by atoms with Crippen molar-refractivity contribution in [3.05, 3.63) is 11.4 Å². The van der Waals surface area contributed by atoms with E-state index in [1.54, 1.807) is 18.7 Å². The summed E-state index contributed by atoms with van der Waals surface area (Å²) in [6, 6.07) is 0. The molecule has 0 bridgehead atoms. The first-order valence-electron chi connectivity index (χ1n) is 4.16. The number of rotatable bonds is 2. The van der Waals surface area contributed by atoms with Gasteiger partial charge >= 0.3 is 0 Å². The maximum atomic E-state index is 11.4. The van der Waals surface area contributed by atoms with E-state index >= 15 is 0 Å². The Kier molecular flexibility index (Phi) is 2.55. The molecule has 5 nitrogen and oxygen atoms in total. The fourth-order valence-electron chi connectivity index (χ4n) is 1.18. The second-order valence-corrected chi connectivity index (χ2v) is 2.74.